The van der Waals surface area contributed by atoms with Gasteiger partial charge in [-0.3, -0.25) is 14.4 Å². The molecule has 9 nitrogen and oxygen atoms in total. The summed E-state index contributed by atoms with van der Waals surface area (Å²) in [5.74, 6) is 0.580. The third-order valence-corrected chi connectivity index (χ3v) is 6.48. The van der Waals surface area contributed by atoms with E-state index >= 15 is 0 Å². The standard InChI is InChI=1S/C28H38N4O5/c1-19-18-37-25-12-10-22(36-6)17-23(25)20-8-7-9-21(16-20)27(34)32(5)24(11-13-26(33)29-19)28(35)31(4)15-14-30(2)3/h7-10,12,16-17,19,24H,11,13-15,18H2,1-6H3,(H,29,33)/t19-,24+/m1/s1. The lowest BCUT2D eigenvalue weighted by Gasteiger charge is -2.31. The van der Waals surface area contributed by atoms with E-state index in [0.29, 0.717) is 30.2 Å². The highest BCUT2D eigenvalue weighted by Gasteiger charge is 2.31. The smallest absolute Gasteiger partial charge is 0.254 e. The van der Waals surface area contributed by atoms with Crippen LogP contribution in [0.2, 0.25) is 0 Å². The molecule has 9 heteroatoms. The molecule has 0 fully saturated rings. The highest BCUT2D eigenvalue weighted by atomic mass is 16.5. The van der Waals surface area contributed by atoms with Gasteiger partial charge in [-0.1, -0.05) is 12.1 Å². The van der Waals surface area contributed by atoms with Crippen LogP contribution >= 0.6 is 0 Å². The number of carbonyl (C=O) groups is 3. The number of ether oxygens (including phenoxy) is 2. The molecule has 0 aliphatic carbocycles. The second-order valence-electron chi connectivity index (χ2n) is 9.76. The van der Waals surface area contributed by atoms with Crippen molar-refractivity contribution in [2.75, 3.05) is 55.0 Å². The van der Waals surface area contributed by atoms with E-state index < -0.39 is 6.04 Å². The number of carbonyl (C=O) groups excluding carboxylic acids is 3. The van der Waals surface area contributed by atoms with E-state index in [2.05, 4.69) is 5.32 Å². The van der Waals surface area contributed by atoms with Gasteiger partial charge in [0.2, 0.25) is 11.8 Å². The van der Waals surface area contributed by atoms with E-state index in [4.69, 9.17) is 9.47 Å². The van der Waals surface area contributed by atoms with Crippen LogP contribution in [0.5, 0.6) is 11.5 Å². The first-order valence-corrected chi connectivity index (χ1v) is 12.5. The lowest BCUT2D eigenvalue weighted by Crippen LogP contribution is -2.50. The molecule has 1 N–H and O–H groups in total. The minimum Gasteiger partial charge on any atom is -0.497 e. The monoisotopic (exact) mass is 510 g/mol. The number of hydrogen-bond acceptors (Lipinski definition) is 6. The van der Waals surface area contributed by atoms with Crippen molar-refractivity contribution in [2.45, 2.75) is 31.8 Å². The number of amides is 3. The predicted molar refractivity (Wildman–Crippen MR) is 143 cm³/mol. The Labute approximate surface area is 219 Å². The summed E-state index contributed by atoms with van der Waals surface area (Å²) in [5, 5.41) is 2.94. The highest BCUT2D eigenvalue weighted by molar-refractivity contribution is 5.98. The second-order valence-corrected chi connectivity index (χ2v) is 9.76. The van der Waals surface area contributed by atoms with Crippen LogP contribution < -0.4 is 14.8 Å². The van der Waals surface area contributed by atoms with Crippen LogP contribution in [0.25, 0.3) is 11.1 Å². The van der Waals surface area contributed by atoms with Gasteiger partial charge >= 0.3 is 0 Å². The van der Waals surface area contributed by atoms with E-state index in [9.17, 15) is 14.4 Å². The molecule has 0 spiro atoms. The fraction of sp³-hybridized carbons (Fsp3) is 0.464. The Bertz CT molecular complexity index is 1120. The van der Waals surface area contributed by atoms with Crippen molar-refractivity contribution in [1.29, 1.82) is 0 Å². The third kappa shape index (κ3) is 7.22. The van der Waals surface area contributed by atoms with Crippen molar-refractivity contribution in [2.24, 2.45) is 0 Å². The Morgan fingerprint density at radius 3 is 2.54 bits per heavy atom. The third-order valence-electron chi connectivity index (χ3n) is 6.48. The number of nitrogens with zero attached hydrogens (tertiary/aromatic N) is 3. The molecule has 1 heterocycles. The summed E-state index contributed by atoms with van der Waals surface area (Å²) in [6, 6.07) is 11.7. The number of methoxy groups -OCH3 is 1. The molecule has 1 aliphatic rings. The zero-order valence-corrected chi connectivity index (χ0v) is 22.6. The molecule has 0 saturated carbocycles. The normalized spacial score (nSPS) is 18.7. The van der Waals surface area contributed by atoms with Crippen molar-refractivity contribution in [3.05, 3.63) is 48.0 Å². The van der Waals surface area contributed by atoms with Gasteiger partial charge in [0.1, 0.15) is 24.1 Å². The fourth-order valence-corrected chi connectivity index (χ4v) is 4.22. The molecule has 2 atom stereocenters. The van der Waals surface area contributed by atoms with Crippen LogP contribution in [0.1, 0.15) is 30.1 Å². The van der Waals surface area contributed by atoms with Gasteiger partial charge in [-0.25, -0.2) is 0 Å². The van der Waals surface area contributed by atoms with Crippen LogP contribution in [0.4, 0.5) is 0 Å². The quantitative estimate of drug-likeness (QED) is 0.665. The first-order chi connectivity index (χ1) is 17.6. The number of rotatable bonds is 5. The maximum absolute atomic E-state index is 13.6. The molecule has 3 rings (SSSR count). The maximum Gasteiger partial charge on any atom is 0.254 e. The minimum absolute atomic E-state index is 0.105. The topological polar surface area (TPSA) is 91.4 Å². The Morgan fingerprint density at radius 2 is 1.84 bits per heavy atom. The summed E-state index contributed by atoms with van der Waals surface area (Å²) in [4.78, 5) is 44.8. The van der Waals surface area contributed by atoms with Gasteiger partial charge in [0.25, 0.3) is 5.91 Å². The molecule has 3 amide bonds. The van der Waals surface area contributed by atoms with Crippen LogP contribution in [-0.4, -0.2) is 99.5 Å². The molecule has 0 radical (unpaired) electrons. The van der Waals surface area contributed by atoms with Crippen molar-refractivity contribution >= 4 is 17.7 Å². The molecule has 0 unspecified atom stereocenters. The van der Waals surface area contributed by atoms with Crippen LogP contribution in [0.3, 0.4) is 0 Å². The molecule has 200 valence electrons. The first-order valence-electron chi connectivity index (χ1n) is 12.5. The highest BCUT2D eigenvalue weighted by Crippen LogP contribution is 2.34. The van der Waals surface area contributed by atoms with E-state index in [0.717, 1.165) is 11.1 Å². The van der Waals surface area contributed by atoms with Gasteiger partial charge in [0.15, 0.2) is 0 Å². The summed E-state index contributed by atoms with van der Waals surface area (Å²) >= 11 is 0. The Hall–Kier alpha value is -3.59. The molecule has 0 saturated heterocycles. The van der Waals surface area contributed by atoms with Gasteiger partial charge in [0.05, 0.1) is 13.2 Å². The van der Waals surface area contributed by atoms with Crippen molar-refractivity contribution < 1.29 is 23.9 Å². The Morgan fingerprint density at radius 1 is 1.11 bits per heavy atom. The van der Waals surface area contributed by atoms with Crippen LogP contribution in [-0.2, 0) is 9.59 Å². The lowest BCUT2D eigenvalue weighted by atomic mass is 10.0. The zero-order chi connectivity index (χ0) is 27.1. The summed E-state index contributed by atoms with van der Waals surface area (Å²) in [7, 11) is 8.82. The summed E-state index contributed by atoms with van der Waals surface area (Å²) in [6.07, 6.45) is 0.317. The lowest BCUT2D eigenvalue weighted by molar-refractivity contribution is -0.135. The largest absolute Gasteiger partial charge is 0.497 e. The number of hydrogen-bond donors (Lipinski definition) is 1. The van der Waals surface area contributed by atoms with Crippen molar-refractivity contribution in [3.8, 4) is 22.6 Å². The molecular formula is C28H38N4O5. The van der Waals surface area contributed by atoms with Gasteiger partial charge in [0, 0.05) is 44.7 Å². The van der Waals surface area contributed by atoms with E-state index in [1.165, 1.54) is 4.90 Å². The Balaban J connectivity index is 2.02. The van der Waals surface area contributed by atoms with Gasteiger partial charge < -0.3 is 29.5 Å². The van der Waals surface area contributed by atoms with E-state index in [1.807, 2.05) is 56.3 Å². The molecule has 37 heavy (non-hydrogen) atoms. The molecular weight excluding hydrogens is 472 g/mol. The number of benzene rings is 2. The SMILES string of the molecule is COc1ccc2c(c1)-c1cccc(c1)C(=O)N(C)[C@H](C(=O)N(C)CCN(C)C)CCC(=O)N[C@H](C)CO2. The molecule has 2 bridgehead atoms. The van der Waals surface area contributed by atoms with E-state index in [-0.39, 0.29) is 43.2 Å². The number of nitrogens with one attached hydrogen (secondary N) is 1. The average Bonchev–Trinajstić information content (AvgIpc) is 2.89. The van der Waals surface area contributed by atoms with Crippen molar-refractivity contribution in [1.82, 2.24) is 20.0 Å². The minimum atomic E-state index is -0.780. The van der Waals surface area contributed by atoms with Crippen LogP contribution in [0.15, 0.2) is 42.5 Å². The summed E-state index contributed by atoms with van der Waals surface area (Å²) in [5.41, 5.74) is 1.99. The van der Waals surface area contributed by atoms with Gasteiger partial charge in [-0.2, -0.15) is 0 Å². The van der Waals surface area contributed by atoms with Gasteiger partial charge in [-0.05, 0) is 63.3 Å². The first kappa shape index (κ1) is 28.0. The molecule has 1 aliphatic heterocycles. The maximum atomic E-state index is 13.6. The Kier molecular flexibility index (Phi) is 9.52. The molecule has 2 aromatic carbocycles. The summed E-state index contributed by atoms with van der Waals surface area (Å²) in [6.45, 7) is 3.33. The summed E-state index contributed by atoms with van der Waals surface area (Å²) < 4.78 is 11.5. The number of fused-ring (bicyclic) bond motifs is 4. The van der Waals surface area contributed by atoms with Crippen LogP contribution in [0, 0.1) is 0 Å². The average molecular weight is 511 g/mol. The molecule has 2 aromatic rings. The fourth-order valence-electron chi connectivity index (χ4n) is 4.22. The van der Waals surface area contributed by atoms with Gasteiger partial charge in [-0.15, -0.1) is 0 Å². The zero-order valence-electron chi connectivity index (χ0n) is 22.6. The predicted octanol–water partition coefficient (Wildman–Crippen LogP) is 2.50. The number of likely N-dealkylation sites (N-methyl/N-ethyl adjacent to an activating group) is 3. The molecule has 0 aromatic heterocycles. The van der Waals surface area contributed by atoms with E-state index in [1.54, 1.807) is 38.2 Å². The second kappa shape index (κ2) is 12.6. The van der Waals surface area contributed by atoms with Crippen molar-refractivity contribution in [3.63, 3.8) is 0 Å².